The van der Waals surface area contributed by atoms with E-state index in [1.807, 2.05) is 48.6 Å². The zero-order valence-corrected chi connectivity index (χ0v) is 15.9. The van der Waals surface area contributed by atoms with Gasteiger partial charge in [0, 0.05) is 6.07 Å². The Hall–Kier alpha value is -3.67. The number of methoxy groups -OCH3 is 3. The molecule has 3 rings (SSSR count). The molecule has 28 heavy (non-hydrogen) atoms. The van der Waals surface area contributed by atoms with Crippen LogP contribution in [0, 0.1) is 0 Å². The van der Waals surface area contributed by atoms with E-state index in [0.717, 1.165) is 11.1 Å². The molecule has 3 aromatic rings. The van der Waals surface area contributed by atoms with Crippen molar-refractivity contribution in [2.45, 2.75) is 0 Å². The normalized spacial score (nSPS) is 11.2. The molecule has 0 aliphatic carbocycles. The Kier molecular flexibility index (Phi) is 6.01. The molecule has 0 saturated carbocycles. The van der Waals surface area contributed by atoms with Crippen LogP contribution in [0.15, 0.2) is 47.0 Å². The maximum atomic E-state index is 9.64. The minimum Gasteiger partial charge on any atom is -0.504 e. The first-order valence-corrected chi connectivity index (χ1v) is 8.55. The van der Waals surface area contributed by atoms with Gasteiger partial charge in [0.1, 0.15) is 5.69 Å². The molecule has 0 atom stereocenters. The number of hydrogen-bond acceptors (Lipinski definition) is 6. The van der Waals surface area contributed by atoms with Gasteiger partial charge in [0.15, 0.2) is 28.8 Å². The summed E-state index contributed by atoms with van der Waals surface area (Å²) >= 11 is 0. The summed E-state index contributed by atoms with van der Waals surface area (Å²) in [6, 6.07) is 12.6. The van der Waals surface area contributed by atoms with E-state index in [1.54, 1.807) is 32.4 Å². The average Bonchev–Trinajstić information content (AvgIpc) is 3.19. The SMILES string of the molecule is COc1cc(/C=C/c2cc(C=Cc3ccc(OC)c(OC)c3)on2)ccc1O. The third-order valence-electron chi connectivity index (χ3n) is 4.04. The number of phenolic OH excluding ortho intramolecular Hbond substituents is 1. The van der Waals surface area contributed by atoms with Crippen molar-refractivity contribution >= 4 is 24.3 Å². The van der Waals surface area contributed by atoms with Gasteiger partial charge in [-0.1, -0.05) is 29.4 Å². The van der Waals surface area contributed by atoms with Crippen molar-refractivity contribution in [3.8, 4) is 23.0 Å². The van der Waals surface area contributed by atoms with E-state index < -0.39 is 0 Å². The van der Waals surface area contributed by atoms with Crippen molar-refractivity contribution in [2.75, 3.05) is 21.3 Å². The predicted octanol–water partition coefficient (Wildman–Crippen LogP) is 4.75. The van der Waals surface area contributed by atoms with Crippen LogP contribution in [0.3, 0.4) is 0 Å². The molecule has 0 aliphatic heterocycles. The molecule has 0 amide bonds. The number of aromatic nitrogens is 1. The molecule has 0 bridgehead atoms. The standard InChI is InChI=1S/C22H21NO5/c1-25-20-11-7-16(13-22(20)27-3)5-9-18-14-17(23-28-18)8-4-15-6-10-19(24)21(12-15)26-2/h4-14,24H,1-3H3/b8-4+,9-5?. The van der Waals surface area contributed by atoms with E-state index in [2.05, 4.69) is 5.16 Å². The molecule has 1 heterocycles. The van der Waals surface area contributed by atoms with Gasteiger partial charge in [-0.2, -0.15) is 0 Å². The Morgan fingerprint density at radius 3 is 2.11 bits per heavy atom. The molecule has 2 aromatic carbocycles. The summed E-state index contributed by atoms with van der Waals surface area (Å²) in [4.78, 5) is 0. The number of phenols is 1. The fraction of sp³-hybridized carbons (Fsp3) is 0.136. The van der Waals surface area contributed by atoms with Gasteiger partial charge in [0.2, 0.25) is 0 Å². The number of aromatic hydroxyl groups is 1. The highest BCUT2D eigenvalue weighted by atomic mass is 16.5. The highest BCUT2D eigenvalue weighted by Crippen LogP contribution is 2.29. The van der Waals surface area contributed by atoms with E-state index >= 15 is 0 Å². The van der Waals surface area contributed by atoms with Crippen LogP contribution < -0.4 is 14.2 Å². The van der Waals surface area contributed by atoms with Crippen LogP contribution in [0.5, 0.6) is 23.0 Å². The highest BCUT2D eigenvalue weighted by Gasteiger charge is 2.04. The van der Waals surface area contributed by atoms with Crippen LogP contribution in [-0.2, 0) is 0 Å². The quantitative estimate of drug-likeness (QED) is 0.639. The minimum absolute atomic E-state index is 0.101. The van der Waals surface area contributed by atoms with Gasteiger partial charge in [-0.3, -0.25) is 0 Å². The first-order valence-electron chi connectivity index (χ1n) is 8.55. The Labute approximate surface area is 163 Å². The second-order valence-electron chi connectivity index (χ2n) is 5.87. The lowest BCUT2D eigenvalue weighted by Crippen LogP contribution is -1.90. The molecule has 6 nitrogen and oxygen atoms in total. The molecule has 0 unspecified atom stereocenters. The van der Waals surface area contributed by atoms with Crippen molar-refractivity contribution in [3.05, 3.63) is 65.0 Å². The molecule has 1 aromatic heterocycles. The first-order chi connectivity index (χ1) is 13.6. The fourth-order valence-electron chi connectivity index (χ4n) is 2.58. The van der Waals surface area contributed by atoms with Gasteiger partial charge in [0.25, 0.3) is 0 Å². The van der Waals surface area contributed by atoms with Crippen LogP contribution >= 0.6 is 0 Å². The van der Waals surface area contributed by atoms with E-state index in [1.165, 1.54) is 7.11 Å². The molecular weight excluding hydrogens is 358 g/mol. The van der Waals surface area contributed by atoms with Crippen molar-refractivity contribution in [1.82, 2.24) is 5.16 Å². The van der Waals surface area contributed by atoms with Crippen LogP contribution in [0.1, 0.15) is 22.6 Å². The molecule has 1 N–H and O–H groups in total. The van der Waals surface area contributed by atoms with Crippen molar-refractivity contribution < 1.29 is 23.8 Å². The average molecular weight is 379 g/mol. The van der Waals surface area contributed by atoms with Crippen molar-refractivity contribution in [2.24, 2.45) is 0 Å². The van der Waals surface area contributed by atoms with Crippen LogP contribution in [0.25, 0.3) is 24.3 Å². The highest BCUT2D eigenvalue weighted by molar-refractivity contribution is 5.72. The maximum Gasteiger partial charge on any atom is 0.161 e. The zero-order chi connectivity index (χ0) is 19.9. The van der Waals surface area contributed by atoms with Gasteiger partial charge in [-0.05, 0) is 47.5 Å². The number of nitrogens with zero attached hydrogens (tertiary/aromatic N) is 1. The number of ether oxygens (including phenoxy) is 3. The second-order valence-corrected chi connectivity index (χ2v) is 5.87. The third kappa shape index (κ3) is 4.54. The molecular formula is C22H21NO5. The molecule has 0 spiro atoms. The summed E-state index contributed by atoms with van der Waals surface area (Å²) < 4.78 is 21.0. The lowest BCUT2D eigenvalue weighted by molar-refractivity contribution is 0.355. The fourth-order valence-corrected chi connectivity index (χ4v) is 2.58. The zero-order valence-electron chi connectivity index (χ0n) is 15.9. The molecule has 144 valence electrons. The summed E-state index contributed by atoms with van der Waals surface area (Å²) in [7, 11) is 4.71. The number of benzene rings is 2. The Morgan fingerprint density at radius 1 is 0.750 bits per heavy atom. The number of hydrogen-bond donors (Lipinski definition) is 1. The molecule has 0 aliphatic rings. The Balaban J connectivity index is 1.71. The topological polar surface area (TPSA) is 74.0 Å². The summed E-state index contributed by atoms with van der Waals surface area (Å²) in [5, 5.41) is 13.7. The van der Waals surface area contributed by atoms with Gasteiger partial charge in [-0.25, -0.2) is 0 Å². The van der Waals surface area contributed by atoms with Crippen molar-refractivity contribution in [1.29, 1.82) is 0 Å². The van der Waals surface area contributed by atoms with Crippen LogP contribution in [0.4, 0.5) is 0 Å². The summed E-state index contributed by atoms with van der Waals surface area (Å²) in [5.41, 5.74) is 2.50. The molecule has 0 saturated heterocycles. The summed E-state index contributed by atoms with van der Waals surface area (Å²) in [6.45, 7) is 0. The molecule has 6 heteroatoms. The summed E-state index contributed by atoms with van der Waals surface area (Å²) in [6.07, 6.45) is 7.42. The van der Waals surface area contributed by atoms with Crippen LogP contribution in [-0.4, -0.2) is 31.6 Å². The molecule has 0 radical (unpaired) electrons. The minimum atomic E-state index is 0.101. The second kappa shape index (κ2) is 8.81. The van der Waals surface area contributed by atoms with E-state index in [9.17, 15) is 5.11 Å². The van der Waals surface area contributed by atoms with Gasteiger partial charge >= 0.3 is 0 Å². The lowest BCUT2D eigenvalue weighted by atomic mass is 10.1. The third-order valence-corrected chi connectivity index (χ3v) is 4.04. The Bertz CT molecular complexity index is 1000. The van der Waals surface area contributed by atoms with E-state index in [0.29, 0.717) is 28.7 Å². The van der Waals surface area contributed by atoms with Gasteiger partial charge < -0.3 is 23.8 Å². The number of rotatable bonds is 7. The van der Waals surface area contributed by atoms with Gasteiger partial charge in [0.05, 0.1) is 21.3 Å². The maximum absolute atomic E-state index is 9.64. The summed E-state index contributed by atoms with van der Waals surface area (Å²) in [5.74, 6) is 2.48. The lowest BCUT2D eigenvalue weighted by Gasteiger charge is -2.07. The largest absolute Gasteiger partial charge is 0.504 e. The van der Waals surface area contributed by atoms with Gasteiger partial charge in [-0.15, -0.1) is 0 Å². The predicted molar refractivity (Wildman–Crippen MR) is 109 cm³/mol. The van der Waals surface area contributed by atoms with E-state index in [-0.39, 0.29) is 5.75 Å². The monoisotopic (exact) mass is 379 g/mol. The molecule has 0 fully saturated rings. The first kappa shape index (κ1) is 19.1. The van der Waals surface area contributed by atoms with Crippen molar-refractivity contribution in [3.63, 3.8) is 0 Å². The Morgan fingerprint density at radius 2 is 1.39 bits per heavy atom. The van der Waals surface area contributed by atoms with E-state index in [4.69, 9.17) is 18.7 Å². The van der Waals surface area contributed by atoms with Crippen LogP contribution in [0.2, 0.25) is 0 Å². The smallest absolute Gasteiger partial charge is 0.161 e.